The van der Waals surface area contributed by atoms with Gasteiger partial charge in [-0.25, -0.2) is 9.78 Å². The largest absolute Gasteiger partial charge is 0.480 e. The van der Waals surface area contributed by atoms with E-state index in [-0.39, 0.29) is 28.7 Å². The van der Waals surface area contributed by atoms with Gasteiger partial charge in [0, 0.05) is 12.0 Å². The average Bonchev–Trinajstić information content (AvgIpc) is 2.32. The molecule has 0 aromatic carbocycles. The van der Waals surface area contributed by atoms with Crippen molar-refractivity contribution in [3.8, 4) is 0 Å². The molecule has 1 aromatic heterocycles. The molecule has 0 spiro atoms. The number of hydrogen-bond acceptors (Lipinski definition) is 4. The van der Waals surface area contributed by atoms with E-state index in [2.05, 4.69) is 10.3 Å². The van der Waals surface area contributed by atoms with Crippen molar-refractivity contribution in [3.05, 3.63) is 28.0 Å². The summed E-state index contributed by atoms with van der Waals surface area (Å²) in [5.41, 5.74) is 5.00. The van der Waals surface area contributed by atoms with Crippen LogP contribution in [0, 0.1) is 0 Å². The highest BCUT2D eigenvalue weighted by molar-refractivity contribution is 6.33. The minimum atomic E-state index is -1.27. The second-order valence-corrected chi connectivity index (χ2v) is 4.65. The molecule has 1 heterocycles. The van der Waals surface area contributed by atoms with Crippen LogP contribution in [0.15, 0.2) is 12.1 Å². The van der Waals surface area contributed by atoms with Gasteiger partial charge in [-0.3, -0.25) is 9.59 Å². The molecule has 20 heavy (non-hydrogen) atoms. The van der Waals surface area contributed by atoms with Crippen molar-refractivity contribution in [1.82, 2.24) is 10.3 Å². The molecule has 9 heteroatoms. The minimum absolute atomic E-state index is 0.00617. The number of aromatic nitrogens is 1. The first-order valence-electron chi connectivity index (χ1n) is 5.44. The Morgan fingerprint density at radius 3 is 2.30 bits per heavy atom. The van der Waals surface area contributed by atoms with E-state index in [9.17, 15) is 14.4 Å². The van der Waals surface area contributed by atoms with Crippen LogP contribution in [0.2, 0.25) is 10.3 Å². The van der Waals surface area contributed by atoms with Gasteiger partial charge < -0.3 is 16.2 Å². The zero-order chi connectivity index (χ0) is 15.3. The van der Waals surface area contributed by atoms with Crippen LogP contribution in [0.3, 0.4) is 0 Å². The Balaban J connectivity index is 2.79. The van der Waals surface area contributed by atoms with Gasteiger partial charge in [-0.1, -0.05) is 23.2 Å². The lowest BCUT2D eigenvalue weighted by atomic mass is 10.1. The molecule has 0 aliphatic rings. The summed E-state index contributed by atoms with van der Waals surface area (Å²) in [5.74, 6) is -2.61. The monoisotopic (exact) mass is 319 g/mol. The topological polar surface area (TPSA) is 122 Å². The summed E-state index contributed by atoms with van der Waals surface area (Å²) in [6, 6.07) is 1.26. The number of hydrogen-bond donors (Lipinski definition) is 3. The number of carboxylic acid groups (broad SMARTS) is 1. The van der Waals surface area contributed by atoms with E-state index in [4.69, 9.17) is 34.0 Å². The maximum Gasteiger partial charge on any atom is 0.326 e. The Morgan fingerprint density at radius 2 is 1.85 bits per heavy atom. The van der Waals surface area contributed by atoms with E-state index in [1.54, 1.807) is 0 Å². The summed E-state index contributed by atoms with van der Waals surface area (Å²) in [7, 11) is 0. The zero-order valence-electron chi connectivity index (χ0n) is 10.1. The molecule has 0 aliphatic heterocycles. The second-order valence-electron chi connectivity index (χ2n) is 3.87. The van der Waals surface area contributed by atoms with Gasteiger partial charge in [0.25, 0.3) is 5.91 Å². The third-order valence-electron chi connectivity index (χ3n) is 2.31. The number of nitrogens with one attached hydrogen (secondary N) is 1. The Labute approximate surface area is 124 Å². The quantitative estimate of drug-likeness (QED) is 0.670. The smallest absolute Gasteiger partial charge is 0.326 e. The molecular formula is C11H11Cl2N3O4. The van der Waals surface area contributed by atoms with Crippen LogP contribution >= 0.6 is 23.2 Å². The summed E-state index contributed by atoms with van der Waals surface area (Å²) >= 11 is 11.3. The van der Waals surface area contributed by atoms with Gasteiger partial charge in [0.1, 0.15) is 16.3 Å². The number of primary amides is 1. The molecular weight excluding hydrogens is 309 g/mol. The molecule has 1 aromatic rings. The number of carbonyl (C=O) groups is 3. The van der Waals surface area contributed by atoms with Crippen LogP contribution in [0.4, 0.5) is 0 Å². The maximum absolute atomic E-state index is 11.9. The predicted octanol–water partition coefficient (Wildman–Crippen LogP) is 0.837. The number of aliphatic carboxylic acids is 1. The van der Waals surface area contributed by atoms with Crippen molar-refractivity contribution in [3.63, 3.8) is 0 Å². The number of nitrogens with zero attached hydrogens (tertiary/aromatic N) is 1. The molecule has 1 rings (SSSR count). The molecule has 2 amide bonds. The summed E-state index contributed by atoms with van der Waals surface area (Å²) in [4.78, 5) is 37.2. The number of carbonyl (C=O) groups excluding carboxylic acids is 2. The van der Waals surface area contributed by atoms with Crippen LogP contribution in [0.5, 0.6) is 0 Å². The molecule has 0 fully saturated rings. The van der Waals surface area contributed by atoms with E-state index < -0.39 is 23.8 Å². The highest BCUT2D eigenvalue weighted by Crippen LogP contribution is 2.15. The van der Waals surface area contributed by atoms with Gasteiger partial charge in [0.15, 0.2) is 0 Å². The first kappa shape index (κ1) is 16.2. The van der Waals surface area contributed by atoms with Crippen molar-refractivity contribution >= 4 is 41.0 Å². The van der Waals surface area contributed by atoms with E-state index in [0.717, 1.165) is 0 Å². The standard InChI is InChI=1S/C11H11Cl2N3O4/c12-7-3-5(4-8(13)16-7)10(18)15-6(11(19)20)1-2-9(14)17/h3-4,6H,1-2H2,(H2,14,17)(H,15,18)(H,19,20)/t6-/m1/s1. The number of carboxylic acids is 1. The Kier molecular flexibility index (Phi) is 5.72. The third-order valence-corrected chi connectivity index (χ3v) is 2.70. The Bertz CT molecular complexity index is 530. The third kappa shape index (κ3) is 5.02. The van der Waals surface area contributed by atoms with Crippen LogP contribution in [0.1, 0.15) is 23.2 Å². The van der Waals surface area contributed by atoms with E-state index in [1.165, 1.54) is 12.1 Å². The first-order valence-corrected chi connectivity index (χ1v) is 6.20. The molecule has 0 saturated carbocycles. The van der Waals surface area contributed by atoms with E-state index >= 15 is 0 Å². The lowest BCUT2D eigenvalue weighted by Gasteiger charge is -2.13. The number of pyridine rings is 1. The van der Waals surface area contributed by atoms with Crippen molar-refractivity contribution in [2.45, 2.75) is 18.9 Å². The SMILES string of the molecule is NC(=O)CC[C@@H](NC(=O)c1cc(Cl)nc(Cl)c1)C(=O)O. The van der Waals surface area contributed by atoms with Crippen LogP contribution < -0.4 is 11.1 Å². The van der Waals surface area contributed by atoms with Crippen LogP contribution in [0.25, 0.3) is 0 Å². The lowest BCUT2D eigenvalue weighted by molar-refractivity contribution is -0.139. The molecule has 0 radical (unpaired) electrons. The highest BCUT2D eigenvalue weighted by atomic mass is 35.5. The van der Waals surface area contributed by atoms with Gasteiger partial charge in [0.2, 0.25) is 5.91 Å². The van der Waals surface area contributed by atoms with Gasteiger partial charge >= 0.3 is 5.97 Å². The second kappa shape index (κ2) is 7.06. The van der Waals surface area contributed by atoms with Crippen molar-refractivity contribution < 1.29 is 19.5 Å². The van der Waals surface area contributed by atoms with Gasteiger partial charge in [-0.05, 0) is 18.6 Å². The molecule has 108 valence electrons. The predicted molar refractivity (Wildman–Crippen MR) is 71.6 cm³/mol. The van der Waals surface area contributed by atoms with Crippen LogP contribution in [-0.4, -0.2) is 33.9 Å². The fraction of sp³-hybridized carbons (Fsp3) is 0.273. The van der Waals surface area contributed by atoms with Crippen molar-refractivity contribution in [2.24, 2.45) is 5.73 Å². The minimum Gasteiger partial charge on any atom is -0.480 e. The molecule has 0 bridgehead atoms. The van der Waals surface area contributed by atoms with Crippen molar-refractivity contribution in [2.75, 3.05) is 0 Å². The molecule has 7 nitrogen and oxygen atoms in total. The fourth-order valence-corrected chi connectivity index (χ4v) is 1.84. The molecule has 0 unspecified atom stereocenters. The highest BCUT2D eigenvalue weighted by Gasteiger charge is 2.21. The van der Waals surface area contributed by atoms with E-state index in [0.29, 0.717) is 0 Å². The van der Waals surface area contributed by atoms with Gasteiger partial charge in [0.05, 0.1) is 0 Å². The van der Waals surface area contributed by atoms with Crippen molar-refractivity contribution in [1.29, 1.82) is 0 Å². The lowest BCUT2D eigenvalue weighted by Crippen LogP contribution is -2.41. The summed E-state index contributed by atoms with van der Waals surface area (Å²) in [5, 5.41) is 11.2. The number of halogens is 2. The maximum atomic E-state index is 11.9. The fourth-order valence-electron chi connectivity index (χ4n) is 1.38. The van der Waals surface area contributed by atoms with Gasteiger partial charge in [-0.15, -0.1) is 0 Å². The molecule has 0 aliphatic carbocycles. The first-order chi connectivity index (χ1) is 9.29. The molecule has 1 atom stereocenters. The normalized spacial score (nSPS) is 11.7. The molecule has 4 N–H and O–H groups in total. The number of nitrogens with two attached hydrogens (primary N) is 1. The van der Waals surface area contributed by atoms with E-state index in [1.807, 2.05) is 0 Å². The Morgan fingerprint density at radius 1 is 1.30 bits per heavy atom. The van der Waals surface area contributed by atoms with Gasteiger partial charge in [-0.2, -0.15) is 0 Å². The summed E-state index contributed by atoms with van der Waals surface area (Å²) < 4.78 is 0. The number of amides is 2. The average molecular weight is 320 g/mol. The Hall–Kier alpha value is -1.86. The zero-order valence-corrected chi connectivity index (χ0v) is 11.6. The molecule has 0 saturated heterocycles. The van der Waals surface area contributed by atoms with Crippen LogP contribution in [-0.2, 0) is 9.59 Å². The number of rotatable bonds is 6. The summed E-state index contributed by atoms with van der Waals surface area (Å²) in [6.45, 7) is 0. The summed E-state index contributed by atoms with van der Waals surface area (Å²) in [6.07, 6.45) is -0.266.